The molecule has 1 unspecified atom stereocenters. The molecule has 3 heterocycles. The molecule has 1 saturated heterocycles. The molecular weight excluding hydrogens is 310 g/mol. The molecule has 23 heavy (non-hydrogen) atoms. The minimum atomic E-state index is 0.0592. The number of rotatable bonds is 1. The van der Waals surface area contributed by atoms with E-state index in [9.17, 15) is 4.79 Å². The number of furan rings is 1. The number of thioether (sulfide) groups is 1. The number of carbonyl (C=O) groups is 1. The van der Waals surface area contributed by atoms with Crippen molar-refractivity contribution in [2.24, 2.45) is 4.99 Å². The maximum absolute atomic E-state index is 12.8. The molecular formula is C17H19N3O2S. The van der Waals surface area contributed by atoms with Crippen molar-refractivity contribution in [1.29, 1.82) is 0 Å². The highest BCUT2D eigenvalue weighted by atomic mass is 32.2. The van der Waals surface area contributed by atoms with Gasteiger partial charge in [-0.3, -0.25) is 9.79 Å². The van der Waals surface area contributed by atoms with Gasteiger partial charge in [-0.1, -0.05) is 36.9 Å². The van der Waals surface area contributed by atoms with Gasteiger partial charge in [-0.15, -0.1) is 0 Å². The minimum Gasteiger partial charge on any atom is -0.463 e. The normalized spacial score (nSPS) is 21.8. The predicted molar refractivity (Wildman–Crippen MR) is 93.0 cm³/mol. The van der Waals surface area contributed by atoms with E-state index >= 15 is 0 Å². The van der Waals surface area contributed by atoms with Gasteiger partial charge in [0.2, 0.25) is 0 Å². The van der Waals surface area contributed by atoms with Crippen molar-refractivity contribution in [3.8, 4) is 0 Å². The minimum absolute atomic E-state index is 0.0592. The third-order valence-electron chi connectivity index (χ3n) is 4.34. The number of aliphatic imine (C=N–C) groups is 1. The number of para-hydroxylation sites is 1. The number of nitrogens with zero attached hydrogens (tertiary/aromatic N) is 3. The Balaban J connectivity index is 1.45. The van der Waals surface area contributed by atoms with Crippen LogP contribution in [0.1, 0.15) is 17.3 Å². The summed E-state index contributed by atoms with van der Waals surface area (Å²) in [6, 6.07) is 7.68. The van der Waals surface area contributed by atoms with Gasteiger partial charge in [0.15, 0.2) is 5.17 Å². The third kappa shape index (κ3) is 2.72. The molecule has 120 valence electrons. The second-order valence-electron chi connectivity index (χ2n) is 5.98. The van der Waals surface area contributed by atoms with Crippen molar-refractivity contribution in [3.63, 3.8) is 0 Å². The summed E-state index contributed by atoms with van der Waals surface area (Å²) in [5.41, 5.74) is 1.43. The molecule has 0 radical (unpaired) electrons. The van der Waals surface area contributed by atoms with Crippen molar-refractivity contribution in [1.82, 2.24) is 9.80 Å². The zero-order chi connectivity index (χ0) is 15.8. The van der Waals surface area contributed by atoms with Gasteiger partial charge < -0.3 is 14.2 Å². The van der Waals surface area contributed by atoms with E-state index in [1.54, 1.807) is 6.26 Å². The molecule has 2 aliphatic rings. The van der Waals surface area contributed by atoms with Crippen molar-refractivity contribution >= 4 is 33.8 Å². The zero-order valence-corrected chi connectivity index (χ0v) is 13.9. The van der Waals surface area contributed by atoms with Crippen LogP contribution >= 0.6 is 11.8 Å². The third-order valence-corrected chi connectivity index (χ3v) is 5.49. The van der Waals surface area contributed by atoms with E-state index in [0.29, 0.717) is 10.8 Å². The number of hydrogen-bond donors (Lipinski definition) is 0. The van der Waals surface area contributed by atoms with Crippen LogP contribution in [-0.4, -0.2) is 58.8 Å². The summed E-state index contributed by atoms with van der Waals surface area (Å²) in [5, 5.41) is 2.60. The van der Waals surface area contributed by atoms with Crippen LogP contribution in [0.3, 0.4) is 0 Å². The lowest BCUT2D eigenvalue weighted by Gasteiger charge is -2.35. The van der Waals surface area contributed by atoms with Crippen molar-refractivity contribution in [2.45, 2.75) is 12.2 Å². The first kappa shape index (κ1) is 14.6. The molecule has 1 aromatic carbocycles. The van der Waals surface area contributed by atoms with E-state index in [1.807, 2.05) is 40.9 Å². The Hall–Kier alpha value is -1.95. The highest BCUT2D eigenvalue weighted by molar-refractivity contribution is 8.14. The smallest absolute Gasteiger partial charge is 0.257 e. The average Bonchev–Trinajstić information content (AvgIpc) is 3.21. The van der Waals surface area contributed by atoms with Crippen LogP contribution in [0.5, 0.6) is 0 Å². The van der Waals surface area contributed by atoms with Gasteiger partial charge in [-0.25, -0.2) is 0 Å². The standard InChI is InChI=1S/C17H19N3O2S/c1-12-10-18-17(23-12)20-8-6-19(7-9-20)16(21)14-11-22-15-5-3-2-4-13(14)15/h2-5,11-12H,6-10H2,1H3. The molecule has 0 saturated carbocycles. The number of amidine groups is 1. The fraction of sp³-hybridized carbons (Fsp3) is 0.412. The van der Waals surface area contributed by atoms with Crippen LogP contribution in [0.2, 0.25) is 0 Å². The highest BCUT2D eigenvalue weighted by Gasteiger charge is 2.28. The first-order chi connectivity index (χ1) is 11.2. The molecule has 4 rings (SSSR count). The summed E-state index contributed by atoms with van der Waals surface area (Å²) >= 11 is 1.84. The van der Waals surface area contributed by atoms with Crippen LogP contribution in [0, 0.1) is 0 Å². The average molecular weight is 329 g/mol. The molecule has 1 atom stereocenters. The lowest BCUT2D eigenvalue weighted by molar-refractivity contribution is 0.0694. The number of hydrogen-bond acceptors (Lipinski definition) is 5. The Morgan fingerprint density at radius 3 is 2.78 bits per heavy atom. The van der Waals surface area contributed by atoms with E-state index in [0.717, 1.165) is 48.9 Å². The highest BCUT2D eigenvalue weighted by Crippen LogP contribution is 2.25. The molecule has 5 nitrogen and oxygen atoms in total. The lowest BCUT2D eigenvalue weighted by Crippen LogP contribution is -2.49. The SMILES string of the molecule is CC1CN=C(N2CCN(C(=O)c3coc4ccccc34)CC2)S1. The lowest BCUT2D eigenvalue weighted by atomic mass is 10.1. The fourth-order valence-corrected chi connectivity index (χ4v) is 4.04. The second kappa shape index (κ2) is 5.92. The molecule has 1 fully saturated rings. The molecule has 0 N–H and O–H groups in total. The summed E-state index contributed by atoms with van der Waals surface area (Å²) in [5.74, 6) is 0.0592. The van der Waals surface area contributed by atoms with Gasteiger partial charge in [0.05, 0.1) is 12.1 Å². The molecule has 0 bridgehead atoms. The number of amides is 1. The first-order valence-electron chi connectivity index (χ1n) is 7.94. The summed E-state index contributed by atoms with van der Waals surface area (Å²) in [6.07, 6.45) is 1.58. The number of fused-ring (bicyclic) bond motifs is 1. The predicted octanol–water partition coefficient (Wildman–Crippen LogP) is 2.68. The number of carbonyl (C=O) groups excluding carboxylic acids is 1. The van der Waals surface area contributed by atoms with Gasteiger partial charge in [-0.05, 0) is 6.07 Å². The van der Waals surface area contributed by atoms with E-state index < -0.39 is 0 Å². The molecule has 1 amide bonds. The fourth-order valence-electron chi connectivity index (χ4n) is 3.05. The van der Waals surface area contributed by atoms with E-state index in [4.69, 9.17) is 4.42 Å². The monoisotopic (exact) mass is 329 g/mol. The van der Waals surface area contributed by atoms with Gasteiger partial charge in [0, 0.05) is 36.8 Å². The number of piperazine rings is 1. The summed E-state index contributed by atoms with van der Waals surface area (Å²) in [6.45, 7) is 6.25. The maximum Gasteiger partial charge on any atom is 0.257 e. The van der Waals surface area contributed by atoms with Crippen LogP contribution < -0.4 is 0 Å². The van der Waals surface area contributed by atoms with Gasteiger partial charge in [0.25, 0.3) is 5.91 Å². The first-order valence-corrected chi connectivity index (χ1v) is 8.82. The van der Waals surface area contributed by atoms with E-state index in [-0.39, 0.29) is 5.91 Å². The largest absolute Gasteiger partial charge is 0.463 e. The second-order valence-corrected chi connectivity index (χ2v) is 7.38. The zero-order valence-electron chi connectivity index (χ0n) is 13.1. The van der Waals surface area contributed by atoms with Crippen LogP contribution in [0.4, 0.5) is 0 Å². The quantitative estimate of drug-likeness (QED) is 0.807. The Labute approximate surface area is 139 Å². The van der Waals surface area contributed by atoms with Crippen molar-refractivity contribution < 1.29 is 9.21 Å². The van der Waals surface area contributed by atoms with Crippen LogP contribution in [-0.2, 0) is 0 Å². The molecule has 2 aliphatic heterocycles. The summed E-state index contributed by atoms with van der Waals surface area (Å²) < 4.78 is 5.49. The Bertz CT molecular complexity index is 762. The molecule has 1 aromatic heterocycles. The Morgan fingerprint density at radius 1 is 1.26 bits per heavy atom. The summed E-state index contributed by atoms with van der Waals surface area (Å²) in [7, 11) is 0. The van der Waals surface area contributed by atoms with Crippen molar-refractivity contribution in [3.05, 3.63) is 36.1 Å². The van der Waals surface area contributed by atoms with E-state index in [1.165, 1.54) is 0 Å². The molecule has 0 aliphatic carbocycles. The van der Waals surface area contributed by atoms with E-state index in [2.05, 4.69) is 16.8 Å². The van der Waals surface area contributed by atoms with Gasteiger partial charge in [-0.2, -0.15) is 0 Å². The van der Waals surface area contributed by atoms with Crippen molar-refractivity contribution in [2.75, 3.05) is 32.7 Å². The Kier molecular flexibility index (Phi) is 3.77. The molecule has 2 aromatic rings. The molecule has 6 heteroatoms. The van der Waals surface area contributed by atoms with Gasteiger partial charge >= 0.3 is 0 Å². The van der Waals surface area contributed by atoms with Crippen LogP contribution in [0.15, 0.2) is 39.9 Å². The van der Waals surface area contributed by atoms with Crippen LogP contribution in [0.25, 0.3) is 11.0 Å². The summed E-state index contributed by atoms with van der Waals surface area (Å²) in [4.78, 5) is 21.6. The Morgan fingerprint density at radius 2 is 2.04 bits per heavy atom. The maximum atomic E-state index is 12.8. The molecule has 0 spiro atoms. The topological polar surface area (TPSA) is 49.0 Å². The van der Waals surface area contributed by atoms with Gasteiger partial charge in [0.1, 0.15) is 11.8 Å². The number of benzene rings is 1.